The van der Waals surface area contributed by atoms with Gasteiger partial charge < -0.3 is 9.88 Å². The van der Waals surface area contributed by atoms with E-state index >= 15 is 0 Å². The fraction of sp³-hybridized carbons (Fsp3) is 0.167. The molecule has 6 nitrogen and oxygen atoms in total. The lowest BCUT2D eigenvalue weighted by Gasteiger charge is -2.09. The molecule has 27 heavy (non-hydrogen) atoms. The van der Waals surface area contributed by atoms with Crippen LogP contribution in [0, 0.1) is 0 Å². The second kappa shape index (κ2) is 6.99. The van der Waals surface area contributed by atoms with Crippen molar-refractivity contribution in [1.29, 1.82) is 0 Å². The van der Waals surface area contributed by atoms with E-state index < -0.39 is 0 Å². The first-order valence-electron chi connectivity index (χ1n) is 8.11. The minimum atomic E-state index is -0.246. The monoisotopic (exact) mass is 419 g/mol. The maximum absolute atomic E-state index is 12.8. The van der Waals surface area contributed by atoms with Crippen LogP contribution in [0.4, 0.5) is 5.82 Å². The lowest BCUT2D eigenvalue weighted by molar-refractivity contribution is 0.870. The molecule has 0 spiro atoms. The molecule has 3 heterocycles. The van der Waals surface area contributed by atoms with Crippen LogP contribution in [0.1, 0.15) is 10.7 Å². The molecule has 1 N–H and O–H groups in total. The molecule has 0 aliphatic heterocycles. The number of thiophene rings is 1. The summed E-state index contributed by atoms with van der Waals surface area (Å²) in [6.45, 7) is 0. The molecule has 1 aromatic carbocycles. The molecule has 4 rings (SSSR count). The summed E-state index contributed by atoms with van der Waals surface area (Å²) in [6.07, 6.45) is 0.529. The quantitative estimate of drug-likeness (QED) is 0.539. The van der Waals surface area contributed by atoms with Crippen molar-refractivity contribution < 1.29 is 0 Å². The van der Waals surface area contributed by atoms with Gasteiger partial charge in [-0.25, -0.2) is 9.67 Å². The van der Waals surface area contributed by atoms with Gasteiger partial charge in [0.15, 0.2) is 11.5 Å². The van der Waals surface area contributed by atoms with Crippen LogP contribution in [0.2, 0.25) is 10.0 Å². The van der Waals surface area contributed by atoms with Gasteiger partial charge in [-0.1, -0.05) is 35.3 Å². The summed E-state index contributed by atoms with van der Waals surface area (Å²) >= 11 is 14.4. The van der Waals surface area contributed by atoms with Crippen LogP contribution in [-0.2, 0) is 6.42 Å². The number of rotatable bonds is 4. The van der Waals surface area contributed by atoms with E-state index in [0.717, 1.165) is 4.88 Å². The Bertz CT molecular complexity index is 1160. The topological polar surface area (TPSA) is 66.8 Å². The van der Waals surface area contributed by atoms with Gasteiger partial charge >= 0.3 is 0 Å². The standard InChI is InChI=1S/C18H15Cl2N5OS/c1-24(2)17-14-16(25(23-17)15-11(19)6-3-7-12(15)20)21-13(22-18(14)26)9-10-5-4-8-27-10/h3-8H,9H2,1-2H3,(H,21,22,26). The van der Waals surface area contributed by atoms with Gasteiger partial charge in [0, 0.05) is 25.4 Å². The first kappa shape index (κ1) is 18.0. The fourth-order valence-electron chi connectivity index (χ4n) is 2.88. The number of hydrogen-bond acceptors (Lipinski definition) is 5. The second-order valence-corrected chi connectivity index (χ2v) is 8.01. The molecule has 0 radical (unpaired) electrons. The Kier molecular flexibility index (Phi) is 4.67. The Labute approximate surface area is 169 Å². The van der Waals surface area contributed by atoms with Gasteiger partial charge in [-0.2, -0.15) is 0 Å². The lowest BCUT2D eigenvalue weighted by Crippen LogP contribution is -2.16. The molecule has 0 amide bonds. The average molecular weight is 420 g/mol. The predicted octanol–water partition coefficient (Wildman–Crippen LogP) is 4.13. The van der Waals surface area contributed by atoms with Crippen LogP contribution in [0.5, 0.6) is 0 Å². The molecule has 138 valence electrons. The fourth-order valence-corrected chi connectivity index (χ4v) is 4.14. The first-order valence-corrected chi connectivity index (χ1v) is 9.75. The van der Waals surface area contributed by atoms with Crippen LogP contribution in [0.3, 0.4) is 0 Å². The van der Waals surface area contributed by atoms with Crippen LogP contribution < -0.4 is 10.5 Å². The number of hydrogen-bond donors (Lipinski definition) is 1. The zero-order valence-corrected chi connectivity index (χ0v) is 16.9. The molecule has 9 heteroatoms. The van der Waals surface area contributed by atoms with Gasteiger partial charge in [-0.15, -0.1) is 16.4 Å². The number of anilines is 1. The number of aromatic nitrogens is 4. The minimum absolute atomic E-state index is 0.246. The summed E-state index contributed by atoms with van der Waals surface area (Å²) in [4.78, 5) is 23.2. The van der Waals surface area contributed by atoms with E-state index in [2.05, 4.69) is 15.1 Å². The summed E-state index contributed by atoms with van der Waals surface area (Å²) in [5.74, 6) is 1.06. The maximum atomic E-state index is 12.8. The van der Waals surface area contributed by atoms with Crippen LogP contribution >= 0.6 is 34.5 Å². The van der Waals surface area contributed by atoms with Crippen molar-refractivity contribution in [3.8, 4) is 5.69 Å². The number of benzene rings is 1. The highest BCUT2D eigenvalue weighted by Crippen LogP contribution is 2.32. The van der Waals surface area contributed by atoms with E-state index in [1.807, 2.05) is 31.6 Å². The van der Waals surface area contributed by atoms with Crippen molar-refractivity contribution >= 4 is 51.4 Å². The Balaban J connectivity index is 2.01. The number of para-hydroxylation sites is 1. The van der Waals surface area contributed by atoms with Gasteiger partial charge in [-0.05, 0) is 23.6 Å². The summed E-state index contributed by atoms with van der Waals surface area (Å²) in [7, 11) is 3.64. The van der Waals surface area contributed by atoms with Gasteiger partial charge in [0.25, 0.3) is 5.56 Å². The maximum Gasteiger partial charge on any atom is 0.264 e. The summed E-state index contributed by atoms with van der Waals surface area (Å²) < 4.78 is 1.54. The Morgan fingerprint density at radius 2 is 1.93 bits per heavy atom. The Morgan fingerprint density at radius 3 is 2.56 bits per heavy atom. The second-order valence-electron chi connectivity index (χ2n) is 6.17. The molecule has 0 atom stereocenters. The molecule has 0 aliphatic carbocycles. The SMILES string of the molecule is CN(C)c1nn(-c2c(Cl)cccc2Cl)c2nc(Cc3cccs3)[nH]c(=O)c12. The van der Waals surface area contributed by atoms with E-state index in [1.54, 1.807) is 39.1 Å². The Hall–Kier alpha value is -2.35. The predicted molar refractivity (Wildman–Crippen MR) is 111 cm³/mol. The van der Waals surface area contributed by atoms with Crippen molar-refractivity contribution in [2.24, 2.45) is 0 Å². The molecule has 0 aliphatic rings. The largest absolute Gasteiger partial charge is 0.361 e. The summed E-state index contributed by atoms with van der Waals surface area (Å²) in [6, 6.07) is 9.18. The number of nitrogens with one attached hydrogen (secondary N) is 1. The third-order valence-electron chi connectivity index (χ3n) is 4.06. The minimum Gasteiger partial charge on any atom is -0.361 e. The molecular weight excluding hydrogens is 405 g/mol. The van der Waals surface area contributed by atoms with Crippen molar-refractivity contribution in [2.75, 3.05) is 19.0 Å². The highest BCUT2D eigenvalue weighted by atomic mass is 35.5. The van der Waals surface area contributed by atoms with Crippen LogP contribution in [0.15, 0.2) is 40.5 Å². The molecule has 0 saturated heterocycles. The van der Waals surface area contributed by atoms with E-state index in [9.17, 15) is 4.79 Å². The van der Waals surface area contributed by atoms with E-state index in [4.69, 9.17) is 23.2 Å². The zero-order valence-electron chi connectivity index (χ0n) is 14.5. The highest BCUT2D eigenvalue weighted by Gasteiger charge is 2.22. The smallest absolute Gasteiger partial charge is 0.264 e. The number of nitrogens with zero attached hydrogens (tertiary/aromatic N) is 4. The van der Waals surface area contributed by atoms with Crippen LogP contribution in [-0.4, -0.2) is 33.8 Å². The van der Waals surface area contributed by atoms with Crippen molar-refractivity contribution in [3.63, 3.8) is 0 Å². The van der Waals surface area contributed by atoms with Gasteiger partial charge in [-0.3, -0.25) is 4.79 Å². The van der Waals surface area contributed by atoms with Gasteiger partial charge in [0.2, 0.25) is 0 Å². The average Bonchev–Trinajstić information content (AvgIpc) is 3.23. The third-order valence-corrected chi connectivity index (χ3v) is 5.55. The molecular formula is C18H15Cl2N5OS. The molecule has 0 fully saturated rings. The van der Waals surface area contributed by atoms with E-state index in [-0.39, 0.29) is 5.56 Å². The van der Waals surface area contributed by atoms with Gasteiger partial charge in [0.1, 0.15) is 16.9 Å². The zero-order chi connectivity index (χ0) is 19.1. The molecule has 4 aromatic rings. The van der Waals surface area contributed by atoms with E-state index in [1.165, 1.54) is 0 Å². The molecule has 3 aromatic heterocycles. The Morgan fingerprint density at radius 1 is 1.19 bits per heavy atom. The number of aromatic amines is 1. The molecule has 0 unspecified atom stereocenters. The summed E-state index contributed by atoms with van der Waals surface area (Å²) in [5, 5.41) is 7.82. The van der Waals surface area contributed by atoms with Crippen molar-refractivity contribution in [1.82, 2.24) is 19.7 Å². The lowest BCUT2D eigenvalue weighted by atomic mass is 10.3. The summed E-state index contributed by atoms with van der Waals surface area (Å²) in [5.41, 5.74) is 0.674. The highest BCUT2D eigenvalue weighted by molar-refractivity contribution is 7.09. The van der Waals surface area contributed by atoms with E-state index in [0.29, 0.717) is 44.8 Å². The number of halogens is 2. The van der Waals surface area contributed by atoms with Gasteiger partial charge in [0.05, 0.1) is 10.0 Å². The van der Waals surface area contributed by atoms with Crippen molar-refractivity contribution in [2.45, 2.75) is 6.42 Å². The number of fused-ring (bicyclic) bond motifs is 1. The number of H-pyrrole nitrogens is 1. The van der Waals surface area contributed by atoms with Crippen molar-refractivity contribution in [3.05, 3.63) is 66.8 Å². The molecule has 0 saturated carbocycles. The normalized spacial score (nSPS) is 11.3. The molecule has 0 bridgehead atoms. The van der Waals surface area contributed by atoms with Crippen LogP contribution in [0.25, 0.3) is 16.7 Å². The third kappa shape index (κ3) is 3.22. The first-order chi connectivity index (χ1) is 13.0.